The van der Waals surface area contributed by atoms with Crippen LogP contribution in [0.15, 0.2) is 12.7 Å². The quantitative estimate of drug-likeness (QED) is 0.508. The fourth-order valence-electron chi connectivity index (χ4n) is 0.387. The molecule has 0 aliphatic heterocycles. The molecule has 0 saturated heterocycles. The number of nitrogens with zero attached hydrogens (tertiary/aromatic N) is 1. The van der Waals surface area contributed by atoms with E-state index in [1.807, 2.05) is 6.08 Å². The Morgan fingerprint density at radius 1 is 1.58 bits per heavy atom. The second kappa shape index (κ2) is 8.36. The predicted octanol–water partition coefficient (Wildman–Crippen LogP) is 0.188. The zero-order valence-corrected chi connectivity index (χ0v) is 8.43. The van der Waals surface area contributed by atoms with Gasteiger partial charge in [-0.2, -0.15) is 0 Å². The van der Waals surface area contributed by atoms with E-state index in [0.717, 1.165) is 11.0 Å². The molecule has 0 radical (unpaired) electrons. The normalized spacial score (nSPS) is 8.58. The average Bonchev–Trinajstić information content (AvgIpc) is 1.58. The van der Waals surface area contributed by atoms with E-state index in [4.69, 9.17) is 15.0 Å². The van der Waals surface area contributed by atoms with Gasteiger partial charge in [0.15, 0.2) is 0 Å². The van der Waals surface area contributed by atoms with Crippen molar-refractivity contribution >= 4 is 18.6 Å². The Balaban J connectivity index is -0.000000142. The molecular formula is C7H16ClNO3. The van der Waals surface area contributed by atoms with Crippen LogP contribution in [0, 0.1) is 0 Å². The van der Waals surface area contributed by atoms with Crippen LogP contribution in [0.4, 0.5) is 4.79 Å². The molecule has 74 valence electrons. The lowest BCUT2D eigenvalue weighted by atomic mass is 10.5. The number of carbonyl (C=O) groups is 1. The predicted molar refractivity (Wildman–Crippen MR) is 48.4 cm³/mol. The molecule has 0 heterocycles. The van der Waals surface area contributed by atoms with Crippen LogP contribution in [0.2, 0.25) is 0 Å². The number of hydrogen-bond acceptors (Lipinski definition) is 2. The fourth-order valence-corrected chi connectivity index (χ4v) is 0.387. The molecule has 5 heteroatoms. The Bertz CT molecular complexity index is 127. The van der Waals surface area contributed by atoms with Gasteiger partial charge in [0.05, 0.1) is 27.7 Å². The summed E-state index contributed by atoms with van der Waals surface area (Å²) in [5, 5.41) is 15.3. The first kappa shape index (κ1) is 17.4. The largest absolute Gasteiger partial charge is 0.565 e. The van der Waals surface area contributed by atoms with Crippen molar-refractivity contribution in [2.24, 2.45) is 0 Å². The van der Waals surface area contributed by atoms with Gasteiger partial charge in [-0.05, 0) is 6.08 Å². The molecule has 0 aliphatic rings. The summed E-state index contributed by atoms with van der Waals surface area (Å²) in [4.78, 5) is 8.44. The minimum atomic E-state index is -2.08. The molecule has 4 nitrogen and oxygen atoms in total. The van der Waals surface area contributed by atoms with Crippen molar-refractivity contribution in [1.82, 2.24) is 0 Å². The van der Waals surface area contributed by atoms with E-state index in [-0.39, 0.29) is 12.4 Å². The Morgan fingerprint density at radius 3 is 1.83 bits per heavy atom. The number of likely N-dealkylation sites (N-methyl/N-ethyl adjacent to an activating group) is 1. The van der Waals surface area contributed by atoms with Crippen molar-refractivity contribution in [3.05, 3.63) is 12.7 Å². The Kier molecular flexibility index (Phi) is 12.1. The third-order valence-electron chi connectivity index (χ3n) is 0.677. The zero-order chi connectivity index (χ0) is 9.49. The lowest BCUT2D eigenvalue weighted by Gasteiger charge is -2.21. The molecule has 0 aliphatic carbocycles. The summed E-state index contributed by atoms with van der Waals surface area (Å²) < 4.78 is 0.976. The van der Waals surface area contributed by atoms with Gasteiger partial charge in [-0.3, -0.25) is 0 Å². The van der Waals surface area contributed by atoms with Crippen molar-refractivity contribution in [1.29, 1.82) is 0 Å². The summed E-state index contributed by atoms with van der Waals surface area (Å²) in [6.45, 7) is 4.67. The number of quaternary nitrogens is 1. The minimum absolute atomic E-state index is 0. The maximum absolute atomic E-state index is 8.44. The van der Waals surface area contributed by atoms with Crippen LogP contribution in [-0.4, -0.2) is 43.4 Å². The fraction of sp³-hybridized carbons (Fsp3) is 0.571. The van der Waals surface area contributed by atoms with Crippen LogP contribution in [-0.2, 0) is 0 Å². The smallest absolute Gasteiger partial charge is 0.249 e. The van der Waals surface area contributed by atoms with Crippen LogP contribution in [0.5, 0.6) is 0 Å². The molecule has 0 aromatic carbocycles. The van der Waals surface area contributed by atoms with Crippen molar-refractivity contribution in [2.45, 2.75) is 0 Å². The minimum Gasteiger partial charge on any atom is -0.565 e. The highest BCUT2D eigenvalue weighted by atomic mass is 35.5. The summed E-state index contributed by atoms with van der Waals surface area (Å²) in [6.07, 6.45) is -0.153. The van der Waals surface area contributed by atoms with Crippen LogP contribution >= 0.6 is 12.4 Å². The lowest BCUT2D eigenvalue weighted by Crippen LogP contribution is -2.33. The molecule has 0 fully saturated rings. The molecular weight excluding hydrogens is 182 g/mol. The van der Waals surface area contributed by atoms with E-state index in [0.29, 0.717) is 0 Å². The molecule has 1 N–H and O–H groups in total. The molecule has 12 heavy (non-hydrogen) atoms. The standard InChI is InChI=1S/C6H14N.CH2O3.ClH/c1-5-6-7(2,3)4;2-1(3)4;/h5H,1,6H2,2-4H3;(H2,2,3,4);1H/q+1;;/p-1. The van der Waals surface area contributed by atoms with Gasteiger partial charge in [0.1, 0.15) is 0 Å². The van der Waals surface area contributed by atoms with Gasteiger partial charge in [0.25, 0.3) is 0 Å². The molecule has 0 aromatic heterocycles. The lowest BCUT2D eigenvalue weighted by molar-refractivity contribution is -0.864. The number of halogens is 1. The molecule has 0 unspecified atom stereocenters. The highest BCUT2D eigenvalue weighted by Gasteiger charge is 1.99. The van der Waals surface area contributed by atoms with Crippen molar-refractivity contribution in [3.8, 4) is 0 Å². The second-order valence-corrected chi connectivity index (χ2v) is 3.03. The highest BCUT2D eigenvalue weighted by Crippen LogP contribution is 1.86. The van der Waals surface area contributed by atoms with Gasteiger partial charge < -0.3 is 19.5 Å². The van der Waals surface area contributed by atoms with E-state index in [9.17, 15) is 0 Å². The van der Waals surface area contributed by atoms with Crippen LogP contribution < -0.4 is 5.11 Å². The molecule has 0 saturated carbocycles. The van der Waals surface area contributed by atoms with Crippen LogP contribution in [0.25, 0.3) is 0 Å². The van der Waals surface area contributed by atoms with Gasteiger partial charge in [0, 0.05) is 0 Å². The van der Waals surface area contributed by atoms with Crippen molar-refractivity contribution in [2.75, 3.05) is 27.7 Å². The van der Waals surface area contributed by atoms with E-state index in [1.165, 1.54) is 0 Å². The molecule has 0 atom stereocenters. The third-order valence-corrected chi connectivity index (χ3v) is 0.677. The Morgan fingerprint density at radius 2 is 1.83 bits per heavy atom. The van der Waals surface area contributed by atoms with E-state index in [2.05, 4.69) is 27.7 Å². The Hall–Kier alpha value is -0.740. The average molecular weight is 198 g/mol. The molecule has 0 rings (SSSR count). The maximum Gasteiger partial charge on any atom is 0.249 e. The summed E-state index contributed by atoms with van der Waals surface area (Å²) in [5.74, 6) is 0. The van der Waals surface area contributed by atoms with Crippen LogP contribution in [0.1, 0.15) is 0 Å². The third kappa shape index (κ3) is 59.4. The first-order valence-electron chi connectivity index (χ1n) is 3.11. The first-order valence-corrected chi connectivity index (χ1v) is 3.11. The summed E-state index contributed by atoms with van der Waals surface area (Å²) in [7, 11) is 6.42. The summed E-state index contributed by atoms with van der Waals surface area (Å²) >= 11 is 0. The van der Waals surface area contributed by atoms with Gasteiger partial charge in [0.2, 0.25) is 6.16 Å². The molecule has 0 spiro atoms. The van der Waals surface area contributed by atoms with Crippen molar-refractivity contribution in [3.63, 3.8) is 0 Å². The van der Waals surface area contributed by atoms with Gasteiger partial charge in [-0.25, -0.2) is 0 Å². The van der Waals surface area contributed by atoms with Gasteiger partial charge in [-0.15, -0.1) is 12.4 Å². The molecule has 0 amide bonds. The number of carboxylic acid groups (broad SMARTS) is 2. The Labute approximate surface area is 79.1 Å². The summed E-state index contributed by atoms with van der Waals surface area (Å²) in [5.41, 5.74) is 0. The number of hydrogen-bond donors (Lipinski definition) is 1. The maximum atomic E-state index is 8.44. The monoisotopic (exact) mass is 197 g/mol. The zero-order valence-electron chi connectivity index (χ0n) is 7.61. The van der Waals surface area contributed by atoms with E-state index >= 15 is 0 Å². The molecule has 0 aromatic rings. The van der Waals surface area contributed by atoms with E-state index < -0.39 is 6.16 Å². The van der Waals surface area contributed by atoms with Gasteiger partial charge >= 0.3 is 0 Å². The van der Waals surface area contributed by atoms with Crippen molar-refractivity contribution < 1.29 is 19.5 Å². The number of rotatable bonds is 2. The summed E-state index contributed by atoms with van der Waals surface area (Å²) in [6, 6.07) is 0. The highest BCUT2D eigenvalue weighted by molar-refractivity contribution is 5.85. The van der Waals surface area contributed by atoms with Crippen LogP contribution in [0.3, 0.4) is 0 Å². The second-order valence-electron chi connectivity index (χ2n) is 3.03. The van der Waals surface area contributed by atoms with E-state index in [1.54, 1.807) is 0 Å². The molecule has 0 bridgehead atoms. The van der Waals surface area contributed by atoms with Gasteiger partial charge in [-0.1, -0.05) is 6.58 Å². The first-order chi connectivity index (χ1) is 4.79. The SMILES string of the molecule is C=CC[N+](C)(C)C.Cl.O=C([O-])O. The topological polar surface area (TPSA) is 60.4 Å².